The molecule has 0 bridgehead atoms. The smallest absolute Gasteiger partial charge is 0.282 e. The standard InChI is InChI=1S/C19H18F3N/c20-18-8-6-15(7-9-18)12-17-10-11-23(14-19(17,21)22)13-16-4-2-1-3-5-16/h1-9,12H,10-11,13-14H2. The molecule has 1 nitrogen and oxygen atoms in total. The van der Waals surface area contributed by atoms with E-state index in [0.717, 1.165) is 5.56 Å². The van der Waals surface area contributed by atoms with E-state index in [4.69, 9.17) is 0 Å². The molecule has 0 spiro atoms. The summed E-state index contributed by atoms with van der Waals surface area (Å²) in [6, 6.07) is 15.3. The highest BCUT2D eigenvalue weighted by molar-refractivity contribution is 5.55. The van der Waals surface area contributed by atoms with Crippen LogP contribution in [0.4, 0.5) is 13.2 Å². The second kappa shape index (κ2) is 6.59. The second-order valence-corrected chi connectivity index (χ2v) is 5.87. The maximum absolute atomic E-state index is 14.4. The highest BCUT2D eigenvalue weighted by Gasteiger charge is 2.39. The Bertz CT molecular complexity index is 678. The molecule has 2 aromatic carbocycles. The minimum Gasteiger partial charge on any atom is -0.293 e. The lowest BCUT2D eigenvalue weighted by Crippen LogP contribution is -2.43. The third kappa shape index (κ3) is 4.02. The van der Waals surface area contributed by atoms with E-state index in [-0.39, 0.29) is 17.9 Å². The largest absolute Gasteiger partial charge is 0.293 e. The Morgan fingerprint density at radius 3 is 2.35 bits per heavy atom. The lowest BCUT2D eigenvalue weighted by atomic mass is 9.97. The summed E-state index contributed by atoms with van der Waals surface area (Å²) in [4.78, 5) is 1.78. The molecule has 0 unspecified atom stereocenters. The first kappa shape index (κ1) is 15.8. The Labute approximate surface area is 134 Å². The van der Waals surface area contributed by atoms with Gasteiger partial charge in [-0.15, -0.1) is 0 Å². The SMILES string of the molecule is Fc1ccc(C=C2CCN(Cc3ccccc3)CC2(F)F)cc1. The highest BCUT2D eigenvalue weighted by atomic mass is 19.3. The third-order valence-electron chi connectivity index (χ3n) is 4.05. The quantitative estimate of drug-likeness (QED) is 0.789. The number of nitrogens with zero attached hydrogens (tertiary/aromatic N) is 1. The van der Waals surface area contributed by atoms with Crippen LogP contribution in [0.15, 0.2) is 60.2 Å². The number of halogens is 3. The van der Waals surface area contributed by atoms with Crippen molar-refractivity contribution in [2.75, 3.05) is 13.1 Å². The van der Waals surface area contributed by atoms with Gasteiger partial charge in [-0.05, 0) is 35.8 Å². The predicted molar refractivity (Wildman–Crippen MR) is 85.7 cm³/mol. The molecule has 0 aromatic heterocycles. The summed E-state index contributed by atoms with van der Waals surface area (Å²) in [6.07, 6.45) is 1.80. The van der Waals surface area contributed by atoms with Crippen LogP contribution in [0.3, 0.4) is 0 Å². The van der Waals surface area contributed by atoms with Crippen LogP contribution < -0.4 is 0 Å². The number of alkyl halides is 2. The first-order valence-electron chi connectivity index (χ1n) is 7.64. The van der Waals surface area contributed by atoms with E-state index in [1.54, 1.807) is 4.90 Å². The second-order valence-electron chi connectivity index (χ2n) is 5.87. The zero-order valence-corrected chi connectivity index (χ0v) is 12.7. The van der Waals surface area contributed by atoms with Crippen molar-refractivity contribution in [2.24, 2.45) is 0 Å². The van der Waals surface area contributed by atoms with Crippen molar-refractivity contribution >= 4 is 6.08 Å². The van der Waals surface area contributed by atoms with Crippen molar-refractivity contribution in [1.82, 2.24) is 4.90 Å². The molecular weight excluding hydrogens is 299 g/mol. The van der Waals surface area contributed by atoms with Crippen molar-refractivity contribution in [3.8, 4) is 0 Å². The average molecular weight is 317 g/mol. The number of rotatable bonds is 3. The van der Waals surface area contributed by atoms with Crippen LogP contribution in [-0.4, -0.2) is 23.9 Å². The third-order valence-corrected chi connectivity index (χ3v) is 4.05. The monoisotopic (exact) mass is 317 g/mol. The molecule has 0 aliphatic carbocycles. The topological polar surface area (TPSA) is 3.24 Å². The van der Waals surface area contributed by atoms with Crippen LogP contribution in [0.2, 0.25) is 0 Å². The van der Waals surface area contributed by atoms with Gasteiger partial charge in [0, 0.05) is 18.7 Å². The van der Waals surface area contributed by atoms with Gasteiger partial charge in [0.15, 0.2) is 0 Å². The number of piperidine rings is 1. The summed E-state index contributed by atoms with van der Waals surface area (Å²) in [5.41, 5.74) is 1.76. The Hall–Kier alpha value is -2.07. The first-order chi connectivity index (χ1) is 11.0. The van der Waals surface area contributed by atoms with Gasteiger partial charge in [0.1, 0.15) is 5.82 Å². The van der Waals surface area contributed by atoms with Gasteiger partial charge in [0.25, 0.3) is 5.92 Å². The van der Waals surface area contributed by atoms with E-state index in [1.807, 2.05) is 30.3 Å². The van der Waals surface area contributed by atoms with Crippen molar-refractivity contribution in [2.45, 2.75) is 18.9 Å². The Morgan fingerprint density at radius 2 is 1.70 bits per heavy atom. The van der Waals surface area contributed by atoms with Gasteiger partial charge in [-0.25, -0.2) is 13.2 Å². The summed E-state index contributed by atoms with van der Waals surface area (Å²) < 4.78 is 41.7. The summed E-state index contributed by atoms with van der Waals surface area (Å²) in [6.45, 7) is 0.840. The Balaban J connectivity index is 1.71. The maximum Gasteiger partial charge on any atom is 0.282 e. The van der Waals surface area contributed by atoms with E-state index in [1.165, 1.54) is 30.3 Å². The Morgan fingerprint density at radius 1 is 1.00 bits per heavy atom. The van der Waals surface area contributed by atoms with E-state index < -0.39 is 5.92 Å². The number of benzene rings is 2. The molecule has 2 aromatic rings. The summed E-state index contributed by atoms with van der Waals surface area (Å²) in [5, 5.41) is 0. The summed E-state index contributed by atoms with van der Waals surface area (Å²) >= 11 is 0. The van der Waals surface area contributed by atoms with Gasteiger partial charge < -0.3 is 0 Å². The molecule has 23 heavy (non-hydrogen) atoms. The van der Waals surface area contributed by atoms with Crippen LogP contribution in [-0.2, 0) is 6.54 Å². The number of hydrogen-bond donors (Lipinski definition) is 0. The zero-order chi connectivity index (χ0) is 16.3. The minimum absolute atomic E-state index is 0.119. The van der Waals surface area contributed by atoms with Crippen LogP contribution in [0.25, 0.3) is 6.08 Å². The Kier molecular flexibility index (Phi) is 4.53. The van der Waals surface area contributed by atoms with Gasteiger partial charge in [-0.2, -0.15) is 0 Å². The molecule has 1 aliphatic heterocycles. The van der Waals surface area contributed by atoms with Crippen LogP contribution in [0.5, 0.6) is 0 Å². The lowest BCUT2D eigenvalue weighted by Gasteiger charge is -2.34. The molecule has 120 valence electrons. The van der Waals surface area contributed by atoms with Gasteiger partial charge >= 0.3 is 0 Å². The van der Waals surface area contributed by atoms with Crippen molar-refractivity contribution in [3.05, 3.63) is 77.1 Å². The maximum atomic E-state index is 14.4. The fourth-order valence-corrected chi connectivity index (χ4v) is 2.84. The average Bonchev–Trinajstić information content (AvgIpc) is 2.52. The number of hydrogen-bond acceptors (Lipinski definition) is 1. The molecule has 1 fully saturated rings. The van der Waals surface area contributed by atoms with Crippen molar-refractivity contribution in [3.63, 3.8) is 0 Å². The van der Waals surface area contributed by atoms with Gasteiger partial charge in [0.2, 0.25) is 0 Å². The molecule has 0 saturated carbocycles. The molecule has 0 amide bonds. The van der Waals surface area contributed by atoms with Crippen LogP contribution in [0.1, 0.15) is 17.5 Å². The molecule has 1 aliphatic rings. The molecule has 0 radical (unpaired) electrons. The predicted octanol–water partition coefficient (Wildman–Crippen LogP) is 4.75. The minimum atomic E-state index is -2.86. The van der Waals surface area contributed by atoms with Gasteiger partial charge in [-0.3, -0.25) is 4.90 Å². The molecule has 1 saturated heterocycles. The molecule has 4 heteroatoms. The van der Waals surface area contributed by atoms with Gasteiger partial charge in [-0.1, -0.05) is 42.5 Å². The van der Waals surface area contributed by atoms with Gasteiger partial charge in [0.05, 0.1) is 6.54 Å². The molecule has 0 atom stereocenters. The summed E-state index contributed by atoms with van der Waals surface area (Å²) in [7, 11) is 0. The van der Waals surface area contributed by atoms with E-state index >= 15 is 0 Å². The van der Waals surface area contributed by atoms with Crippen LogP contribution >= 0.6 is 0 Å². The molecule has 1 heterocycles. The molecule has 3 rings (SSSR count). The summed E-state index contributed by atoms with van der Waals surface area (Å²) in [5.74, 6) is -3.22. The lowest BCUT2D eigenvalue weighted by molar-refractivity contribution is -0.0204. The molecule has 0 N–H and O–H groups in total. The van der Waals surface area contributed by atoms with Crippen molar-refractivity contribution < 1.29 is 13.2 Å². The molecular formula is C19H18F3N. The van der Waals surface area contributed by atoms with E-state index in [0.29, 0.717) is 25.1 Å². The zero-order valence-electron chi connectivity index (χ0n) is 12.7. The van der Waals surface area contributed by atoms with Crippen molar-refractivity contribution in [1.29, 1.82) is 0 Å². The number of likely N-dealkylation sites (tertiary alicyclic amines) is 1. The fourth-order valence-electron chi connectivity index (χ4n) is 2.84. The highest BCUT2D eigenvalue weighted by Crippen LogP contribution is 2.34. The fraction of sp³-hybridized carbons (Fsp3) is 0.263. The normalized spacial score (nSPS) is 19.9. The van der Waals surface area contributed by atoms with E-state index in [9.17, 15) is 13.2 Å². The van der Waals surface area contributed by atoms with Crippen LogP contribution in [0, 0.1) is 5.82 Å². The first-order valence-corrected chi connectivity index (χ1v) is 7.64. The van der Waals surface area contributed by atoms with E-state index in [2.05, 4.69) is 0 Å².